The third-order valence-corrected chi connectivity index (χ3v) is 7.32. The van der Waals surface area contributed by atoms with E-state index in [1.165, 1.54) is 4.90 Å². The zero-order valence-electron chi connectivity index (χ0n) is 20.6. The van der Waals surface area contributed by atoms with E-state index in [1.54, 1.807) is 31.4 Å². The van der Waals surface area contributed by atoms with Crippen LogP contribution in [0.5, 0.6) is 17.2 Å². The van der Waals surface area contributed by atoms with Crippen molar-refractivity contribution in [1.82, 2.24) is 4.90 Å². The fraction of sp³-hybridized carbons (Fsp3) is 0.133. The molecular weight excluding hydrogens is 522 g/mol. The summed E-state index contributed by atoms with van der Waals surface area (Å²) in [6, 6.07) is 26.5. The van der Waals surface area contributed by atoms with E-state index in [1.807, 2.05) is 66.7 Å². The van der Waals surface area contributed by atoms with Crippen LogP contribution in [0.2, 0.25) is 5.02 Å². The summed E-state index contributed by atoms with van der Waals surface area (Å²) in [4.78, 5) is 27.3. The first-order valence-electron chi connectivity index (χ1n) is 11.9. The van der Waals surface area contributed by atoms with Gasteiger partial charge in [-0.1, -0.05) is 78.3 Å². The van der Waals surface area contributed by atoms with Crippen molar-refractivity contribution in [3.8, 4) is 17.2 Å². The van der Waals surface area contributed by atoms with Gasteiger partial charge in [-0.3, -0.25) is 14.5 Å². The Morgan fingerprint density at radius 3 is 2.45 bits per heavy atom. The molecule has 0 saturated carbocycles. The molecule has 4 aromatic rings. The maximum atomic E-state index is 13.1. The number of fused-ring (bicyclic) bond motifs is 1. The molecule has 38 heavy (non-hydrogen) atoms. The van der Waals surface area contributed by atoms with E-state index in [0.717, 1.165) is 28.1 Å². The van der Waals surface area contributed by atoms with E-state index < -0.39 is 0 Å². The fourth-order valence-electron chi connectivity index (χ4n) is 4.13. The third-order valence-electron chi connectivity index (χ3n) is 6.04. The SMILES string of the molecule is COc1cccc(/C=C2\SC(=O)N(CCOc3cccc4ccccc34)C2=O)c1OCc1ccccc1Cl. The minimum atomic E-state index is -0.374. The molecule has 8 heteroatoms. The second-order valence-corrected chi connectivity index (χ2v) is 9.82. The number of hydrogen-bond acceptors (Lipinski definition) is 6. The Hall–Kier alpha value is -3.94. The van der Waals surface area contributed by atoms with Crippen molar-refractivity contribution in [1.29, 1.82) is 0 Å². The van der Waals surface area contributed by atoms with Crippen LogP contribution in [0.1, 0.15) is 11.1 Å². The number of hydrogen-bond donors (Lipinski definition) is 0. The highest BCUT2D eigenvalue weighted by molar-refractivity contribution is 8.18. The number of rotatable bonds is 9. The summed E-state index contributed by atoms with van der Waals surface area (Å²) < 4.78 is 17.5. The van der Waals surface area contributed by atoms with E-state index in [4.69, 9.17) is 25.8 Å². The molecule has 192 valence electrons. The Balaban J connectivity index is 1.30. The molecule has 0 aliphatic carbocycles. The molecule has 1 aliphatic heterocycles. The normalized spacial score (nSPS) is 14.4. The molecular formula is C30H24ClNO5S. The fourth-order valence-corrected chi connectivity index (χ4v) is 5.18. The van der Waals surface area contributed by atoms with Crippen molar-refractivity contribution in [2.45, 2.75) is 6.61 Å². The van der Waals surface area contributed by atoms with E-state index in [0.29, 0.717) is 32.7 Å². The summed E-state index contributed by atoms with van der Waals surface area (Å²) in [6.07, 6.45) is 1.65. The molecule has 0 spiro atoms. The number of para-hydroxylation sites is 1. The van der Waals surface area contributed by atoms with Gasteiger partial charge in [-0.2, -0.15) is 0 Å². The van der Waals surface area contributed by atoms with Crippen molar-refractivity contribution < 1.29 is 23.8 Å². The molecule has 1 aliphatic rings. The van der Waals surface area contributed by atoms with Crippen LogP contribution in [0.15, 0.2) is 89.8 Å². The Kier molecular flexibility index (Phi) is 7.86. The molecule has 0 radical (unpaired) electrons. The van der Waals surface area contributed by atoms with Gasteiger partial charge in [0.05, 0.1) is 18.6 Å². The maximum absolute atomic E-state index is 13.1. The average molecular weight is 546 g/mol. The van der Waals surface area contributed by atoms with Gasteiger partial charge in [0.2, 0.25) is 0 Å². The van der Waals surface area contributed by atoms with Crippen molar-refractivity contribution in [3.05, 3.63) is 106 Å². The number of methoxy groups -OCH3 is 1. The molecule has 0 bridgehead atoms. The Morgan fingerprint density at radius 1 is 0.868 bits per heavy atom. The molecule has 0 N–H and O–H groups in total. The van der Waals surface area contributed by atoms with Crippen molar-refractivity contribution >= 4 is 51.4 Å². The standard InChI is InChI=1S/C30H24ClNO5S/c1-35-26-15-7-11-21(28(26)37-19-22-9-3-5-13-24(22)31)18-27-29(33)32(30(34)38-27)16-17-36-25-14-6-10-20-8-2-4-12-23(20)25/h2-15,18H,16-17,19H2,1H3/b27-18-. The molecule has 0 unspecified atom stereocenters. The van der Waals surface area contributed by atoms with Gasteiger partial charge in [0, 0.05) is 21.5 Å². The second-order valence-electron chi connectivity index (χ2n) is 8.42. The lowest BCUT2D eigenvalue weighted by atomic mass is 10.1. The lowest BCUT2D eigenvalue weighted by Crippen LogP contribution is -2.32. The molecule has 1 heterocycles. The van der Waals surface area contributed by atoms with Crippen LogP contribution in [-0.2, 0) is 11.4 Å². The maximum Gasteiger partial charge on any atom is 0.293 e. The van der Waals surface area contributed by atoms with E-state index in [9.17, 15) is 9.59 Å². The summed E-state index contributed by atoms with van der Waals surface area (Å²) in [5.74, 6) is 1.30. The number of imide groups is 1. The van der Waals surface area contributed by atoms with Crippen LogP contribution >= 0.6 is 23.4 Å². The minimum absolute atomic E-state index is 0.138. The van der Waals surface area contributed by atoms with Gasteiger partial charge in [0.1, 0.15) is 19.0 Å². The lowest BCUT2D eigenvalue weighted by Gasteiger charge is -2.15. The summed E-state index contributed by atoms with van der Waals surface area (Å²) in [7, 11) is 1.55. The predicted octanol–water partition coefficient (Wildman–Crippen LogP) is 7.20. The Labute approximate surface area is 229 Å². The number of halogens is 1. The van der Waals surface area contributed by atoms with Gasteiger partial charge in [-0.05, 0) is 41.4 Å². The number of nitrogens with zero attached hydrogens (tertiary/aromatic N) is 1. The summed E-state index contributed by atoms with van der Waals surface area (Å²) in [5, 5.41) is 2.29. The quantitative estimate of drug-likeness (QED) is 0.207. The third kappa shape index (κ3) is 5.49. The molecule has 2 amide bonds. The molecule has 0 atom stereocenters. The van der Waals surface area contributed by atoms with Crippen LogP contribution in [0.25, 0.3) is 16.8 Å². The largest absolute Gasteiger partial charge is 0.493 e. The van der Waals surface area contributed by atoms with Gasteiger partial charge >= 0.3 is 0 Å². The molecule has 0 aromatic heterocycles. The zero-order chi connectivity index (χ0) is 26.5. The van der Waals surface area contributed by atoms with Crippen molar-refractivity contribution in [3.63, 3.8) is 0 Å². The first-order valence-corrected chi connectivity index (χ1v) is 13.1. The smallest absolute Gasteiger partial charge is 0.293 e. The van der Waals surface area contributed by atoms with Gasteiger partial charge in [-0.25, -0.2) is 0 Å². The number of carbonyl (C=O) groups is 2. The highest BCUT2D eigenvalue weighted by atomic mass is 35.5. The number of carbonyl (C=O) groups excluding carboxylic acids is 2. The number of thioether (sulfide) groups is 1. The Bertz CT molecular complexity index is 1530. The number of ether oxygens (including phenoxy) is 3. The van der Waals surface area contributed by atoms with Crippen LogP contribution in [-0.4, -0.2) is 36.3 Å². The molecule has 4 aromatic carbocycles. The highest BCUT2D eigenvalue weighted by Gasteiger charge is 2.35. The van der Waals surface area contributed by atoms with Gasteiger partial charge < -0.3 is 14.2 Å². The zero-order valence-corrected chi connectivity index (χ0v) is 22.1. The topological polar surface area (TPSA) is 65.1 Å². The minimum Gasteiger partial charge on any atom is -0.493 e. The van der Waals surface area contributed by atoms with E-state index >= 15 is 0 Å². The van der Waals surface area contributed by atoms with Crippen LogP contribution < -0.4 is 14.2 Å². The average Bonchev–Trinajstić information content (AvgIpc) is 3.20. The number of benzene rings is 4. The predicted molar refractivity (Wildman–Crippen MR) is 151 cm³/mol. The van der Waals surface area contributed by atoms with Crippen LogP contribution in [0.4, 0.5) is 4.79 Å². The van der Waals surface area contributed by atoms with Gasteiger partial charge in [-0.15, -0.1) is 0 Å². The van der Waals surface area contributed by atoms with Gasteiger partial charge in [0.25, 0.3) is 11.1 Å². The Morgan fingerprint density at radius 2 is 1.61 bits per heavy atom. The summed E-state index contributed by atoms with van der Waals surface area (Å²) >= 11 is 7.17. The first-order chi connectivity index (χ1) is 18.5. The number of amides is 2. The van der Waals surface area contributed by atoms with E-state index in [2.05, 4.69) is 0 Å². The second kappa shape index (κ2) is 11.6. The first kappa shape index (κ1) is 25.7. The summed E-state index contributed by atoms with van der Waals surface area (Å²) in [6.45, 7) is 0.539. The summed E-state index contributed by atoms with van der Waals surface area (Å²) in [5.41, 5.74) is 1.44. The molecule has 5 rings (SSSR count). The van der Waals surface area contributed by atoms with E-state index in [-0.39, 0.29) is 30.9 Å². The monoisotopic (exact) mass is 545 g/mol. The lowest BCUT2D eigenvalue weighted by molar-refractivity contribution is -0.123. The van der Waals surface area contributed by atoms with Crippen LogP contribution in [0.3, 0.4) is 0 Å². The molecule has 6 nitrogen and oxygen atoms in total. The molecule has 1 fully saturated rings. The molecule has 1 saturated heterocycles. The highest BCUT2D eigenvalue weighted by Crippen LogP contribution is 2.38. The van der Waals surface area contributed by atoms with Crippen LogP contribution in [0, 0.1) is 0 Å². The van der Waals surface area contributed by atoms with Gasteiger partial charge in [0.15, 0.2) is 11.5 Å². The van der Waals surface area contributed by atoms with Crippen molar-refractivity contribution in [2.24, 2.45) is 0 Å². The van der Waals surface area contributed by atoms with Crippen molar-refractivity contribution in [2.75, 3.05) is 20.3 Å².